The molecule has 0 spiro atoms. The van der Waals surface area contributed by atoms with Gasteiger partial charge in [-0.1, -0.05) is 6.92 Å². The van der Waals surface area contributed by atoms with Crippen LogP contribution >= 0.6 is 0 Å². The highest BCUT2D eigenvalue weighted by molar-refractivity contribution is 4.79. The zero-order valence-electron chi connectivity index (χ0n) is 11.1. The van der Waals surface area contributed by atoms with Gasteiger partial charge in [0.25, 0.3) is 0 Å². The van der Waals surface area contributed by atoms with Crippen LogP contribution < -0.4 is 0 Å². The molecule has 5 nitrogen and oxygen atoms in total. The predicted octanol–water partition coefficient (Wildman–Crippen LogP) is 0.675. The van der Waals surface area contributed by atoms with E-state index in [1.807, 2.05) is 0 Å². The fourth-order valence-corrected chi connectivity index (χ4v) is 2.76. The van der Waals surface area contributed by atoms with Crippen molar-refractivity contribution in [2.24, 2.45) is 5.92 Å². The number of aliphatic hydroxyl groups is 2. The highest BCUT2D eigenvalue weighted by Gasteiger charge is 2.33. The highest BCUT2D eigenvalue weighted by Crippen LogP contribution is 2.27. The van der Waals surface area contributed by atoms with Crippen LogP contribution in [0.4, 0.5) is 0 Å². The van der Waals surface area contributed by atoms with Crippen LogP contribution in [-0.4, -0.2) is 54.1 Å². The van der Waals surface area contributed by atoms with E-state index >= 15 is 0 Å². The van der Waals surface area contributed by atoms with Crippen molar-refractivity contribution in [3.05, 3.63) is 0 Å². The molecule has 0 aromatic rings. The minimum absolute atomic E-state index is 0.148. The second kappa shape index (κ2) is 6.30. The van der Waals surface area contributed by atoms with Gasteiger partial charge < -0.3 is 24.4 Å². The fraction of sp³-hybridized carbons (Fsp3) is 1.00. The summed E-state index contributed by atoms with van der Waals surface area (Å²) in [5.74, 6) is 0.596. The van der Waals surface area contributed by atoms with Crippen LogP contribution in [0.3, 0.4) is 0 Å². The van der Waals surface area contributed by atoms with Crippen LogP contribution in [0.15, 0.2) is 0 Å². The summed E-state index contributed by atoms with van der Waals surface area (Å²) in [6, 6.07) is 0. The molecule has 6 atom stereocenters. The molecular formula is C13H24O5. The third kappa shape index (κ3) is 3.65. The average molecular weight is 260 g/mol. The number of hydrogen-bond acceptors (Lipinski definition) is 5. The van der Waals surface area contributed by atoms with E-state index in [0.29, 0.717) is 18.9 Å². The summed E-state index contributed by atoms with van der Waals surface area (Å²) < 4.78 is 17.0. The van der Waals surface area contributed by atoms with Gasteiger partial charge in [-0.2, -0.15) is 0 Å². The maximum atomic E-state index is 9.77. The fourth-order valence-electron chi connectivity index (χ4n) is 2.76. The molecule has 5 heteroatoms. The van der Waals surface area contributed by atoms with Gasteiger partial charge >= 0.3 is 0 Å². The molecule has 0 aromatic heterocycles. The van der Waals surface area contributed by atoms with Crippen molar-refractivity contribution >= 4 is 0 Å². The van der Waals surface area contributed by atoms with Crippen molar-refractivity contribution in [1.29, 1.82) is 0 Å². The summed E-state index contributed by atoms with van der Waals surface area (Å²) in [5, 5.41) is 18.8. The lowest BCUT2D eigenvalue weighted by Gasteiger charge is -2.37. The summed E-state index contributed by atoms with van der Waals surface area (Å²) in [5.41, 5.74) is 0. The topological polar surface area (TPSA) is 68.2 Å². The van der Waals surface area contributed by atoms with E-state index in [-0.39, 0.29) is 25.1 Å². The molecule has 2 aliphatic heterocycles. The monoisotopic (exact) mass is 260 g/mol. The minimum Gasteiger partial charge on any atom is -0.394 e. The van der Waals surface area contributed by atoms with E-state index in [0.717, 1.165) is 12.8 Å². The molecule has 0 aromatic carbocycles. The van der Waals surface area contributed by atoms with Gasteiger partial charge in [-0.15, -0.1) is 0 Å². The maximum absolute atomic E-state index is 9.77. The maximum Gasteiger partial charge on any atom is 0.158 e. The molecule has 2 rings (SSSR count). The second-order valence-corrected chi connectivity index (χ2v) is 5.57. The molecule has 4 unspecified atom stereocenters. The Morgan fingerprint density at radius 2 is 2.00 bits per heavy atom. The average Bonchev–Trinajstić information content (AvgIpc) is 2.27. The van der Waals surface area contributed by atoms with Gasteiger partial charge in [-0.3, -0.25) is 0 Å². The zero-order chi connectivity index (χ0) is 13.1. The normalized spacial score (nSPS) is 46.0. The van der Waals surface area contributed by atoms with E-state index in [1.165, 1.54) is 0 Å². The molecule has 2 aliphatic rings. The van der Waals surface area contributed by atoms with E-state index in [9.17, 15) is 5.11 Å². The SMILES string of the molecule is CC1CC(OC2CO[C@H](CO)C(O)C2)O[C@@H](C)C1. The lowest BCUT2D eigenvalue weighted by Crippen LogP contribution is -2.46. The van der Waals surface area contributed by atoms with Crippen LogP contribution in [0.1, 0.15) is 33.1 Å². The molecule has 2 heterocycles. The number of aliphatic hydroxyl groups excluding tert-OH is 2. The first-order valence-electron chi connectivity index (χ1n) is 6.80. The van der Waals surface area contributed by atoms with Gasteiger partial charge in [0.15, 0.2) is 6.29 Å². The van der Waals surface area contributed by atoms with Crippen molar-refractivity contribution in [2.45, 2.75) is 63.8 Å². The Hall–Kier alpha value is -0.200. The first-order chi connectivity index (χ1) is 8.58. The van der Waals surface area contributed by atoms with Gasteiger partial charge in [-0.25, -0.2) is 0 Å². The van der Waals surface area contributed by atoms with Crippen LogP contribution in [-0.2, 0) is 14.2 Å². The Balaban J connectivity index is 1.79. The van der Waals surface area contributed by atoms with Crippen molar-refractivity contribution in [3.63, 3.8) is 0 Å². The third-order valence-electron chi connectivity index (χ3n) is 3.67. The predicted molar refractivity (Wildman–Crippen MR) is 65.1 cm³/mol. The summed E-state index contributed by atoms with van der Waals surface area (Å²) >= 11 is 0. The first-order valence-corrected chi connectivity index (χ1v) is 6.80. The van der Waals surface area contributed by atoms with E-state index < -0.39 is 12.2 Å². The smallest absolute Gasteiger partial charge is 0.158 e. The van der Waals surface area contributed by atoms with E-state index in [2.05, 4.69) is 13.8 Å². The Labute approximate surface area is 108 Å². The summed E-state index contributed by atoms with van der Waals surface area (Å²) in [6.07, 6.45) is 1.19. The van der Waals surface area contributed by atoms with Crippen LogP contribution in [0.2, 0.25) is 0 Å². The van der Waals surface area contributed by atoms with Crippen LogP contribution in [0, 0.1) is 5.92 Å². The largest absolute Gasteiger partial charge is 0.394 e. The number of rotatable bonds is 3. The summed E-state index contributed by atoms with van der Waals surface area (Å²) in [6.45, 7) is 4.51. The third-order valence-corrected chi connectivity index (χ3v) is 3.67. The number of ether oxygens (including phenoxy) is 3. The Morgan fingerprint density at radius 3 is 2.61 bits per heavy atom. The van der Waals surface area contributed by atoms with Crippen molar-refractivity contribution < 1.29 is 24.4 Å². The second-order valence-electron chi connectivity index (χ2n) is 5.57. The van der Waals surface area contributed by atoms with Gasteiger partial charge in [0.2, 0.25) is 0 Å². The summed E-state index contributed by atoms with van der Waals surface area (Å²) in [4.78, 5) is 0. The first kappa shape index (κ1) is 14.2. The molecular weight excluding hydrogens is 236 g/mol. The Morgan fingerprint density at radius 1 is 1.22 bits per heavy atom. The molecule has 2 fully saturated rings. The van der Waals surface area contributed by atoms with Gasteiger partial charge in [0, 0.05) is 12.8 Å². The molecule has 0 saturated carbocycles. The molecule has 2 N–H and O–H groups in total. The standard InChI is InChI=1S/C13H24O5/c1-8-3-9(2)17-13(4-8)18-10-5-11(15)12(6-14)16-7-10/h8-15H,3-7H2,1-2H3/t8?,9-,10?,11?,12+,13?/m0/s1. The summed E-state index contributed by atoms with van der Waals surface area (Å²) in [7, 11) is 0. The van der Waals surface area contributed by atoms with Crippen molar-refractivity contribution in [1.82, 2.24) is 0 Å². The van der Waals surface area contributed by atoms with E-state index in [4.69, 9.17) is 19.3 Å². The zero-order valence-corrected chi connectivity index (χ0v) is 11.1. The lowest BCUT2D eigenvalue weighted by atomic mass is 9.97. The minimum atomic E-state index is -0.660. The molecule has 0 radical (unpaired) electrons. The Kier molecular flexibility index (Phi) is 4.98. The molecule has 0 aliphatic carbocycles. The van der Waals surface area contributed by atoms with Crippen molar-refractivity contribution in [3.8, 4) is 0 Å². The van der Waals surface area contributed by atoms with Crippen LogP contribution in [0.5, 0.6) is 0 Å². The lowest BCUT2D eigenvalue weighted by molar-refractivity contribution is -0.249. The molecule has 2 saturated heterocycles. The molecule has 0 bridgehead atoms. The Bertz CT molecular complexity index is 250. The van der Waals surface area contributed by atoms with E-state index in [1.54, 1.807) is 0 Å². The molecule has 18 heavy (non-hydrogen) atoms. The highest BCUT2D eigenvalue weighted by atomic mass is 16.7. The number of hydrogen-bond donors (Lipinski definition) is 2. The van der Waals surface area contributed by atoms with Crippen LogP contribution in [0.25, 0.3) is 0 Å². The van der Waals surface area contributed by atoms with Gasteiger partial charge in [0.05, 0.1) is 31.5 Å². The molecule has 0 amide bonds. The van der Waals surface area contributed by atoms with Gasteiger partial charge in [0.1, 0.15) is 6.10 Å². The van der Waals surface area contributed by atoms with Crippen molar-refractivity contribution in [2.75, 3.05) is 13.2 Å². The quantitative estimate of drug-likeness (QED) is 0.781. The molecule has 106 valence electrons. The van der Waals surface area contributed by atoms with Gasteiger partial charge in [-0.05, 0) is 19.3 Å².